The summed E-state index contributed by atoms with van der Waals surface area (Å²) < 4.78 is 0. The van der Waals surface area contributed by atoms with Crippen molar-refractivity contribution in [2.75, 3.05) is 0 Å². The average Bonchev–Trinajstić information content (AvgIpc) is 2.14. The van der Waals surface area contributed by atoms with E-state index in [0.717, 1.165) is 18.4 Å². The molecule has 0 nitrogen and oxygen atoms in total. The lowest BCUT2D eigenvalue weighted by Crippen LogP contribution is -2.12. The molecule has 0 saturated heterocycles. The van der Waals surface area contributed by atoms with Crippen LogP contribution in [0.25, 0.3) is 0 Å². The lowest BCUT2D eigenvalue weighted by atomic mass is 9.79. The minimum Gasteiger partial charge on any atom is -0.0988 e. The molecule has 0 aliphatic heterocycles. The topological polar surface area (TPSA) is 0 Å². The van der Waals surface area contributed by atoms with E-state index >= 15 is 0 Å². The van der Waals surface area contributed by atoms with Crippen LogP contribution in [0.3, 0.4) is 0 Å². The maximum Gasteiger partial charge on any atom is -0.0107 e. The van der Waals surface area contributed by atoms with Gasteiger partial charge in [0.15, 0.2) is 0 Å². The van der Waals surface area contributed by atoms with Crippen molar-refractivity contribution in [2.24, 2.45) is 10.8 Å². The van der Waals surface area contributed by atoms with Crippen molar-refractivity contribution in [1.82, 2.24) is 0 Å². The highest BCUT2D eigenvalue weighted by atomic mass is 14.2. The van der Waals surface area contributed by atoms with Crippen molar-refractivity contribution in [2.45, 2.75) is 54.4 Å². The van der Waals surface area contributed by atoms with E-state index in [1.165, 1.54) is 5.57 Å². The van der Waals surface area contributed by atoms with Crippen LogP contribution in [0.4, 0.5) is 0 Å². The second kappa shape index (κ2) is 5.52. The second-order valence-corrected chi connectivity index (χ2v) is 6.29. The summed E-state index contributed by atoms with van der Waals surface area (Å²) in [5.41, 5.74) is 3.05. The Morgan fingerprint density at radius 2 is 1.62 bits per heavy atom. The normalized spacial score (nSPS) is 13.8. The summed E-state index contributed by atoms with van der Waals surface area (Å²) in [6.45, 7) is 21.3. The van der Waals surface area contributed by atoms with Crippen LogP contribution >= 0.6 is 0 Å². The third-order valence-electron chi connectivity index (χ3n) is 3.52. The van der Waals surface area contributed by atoms with Gasteiger partial charge >= 0.3 is 0 Å². The summed E-state index contributed by atoms with van der Waals surface area (Å²) in [7, 11) is 0. The first-order valence-electron chi connectivity index (χ1n) is 6.10. The van der Waals surface area contributed by atoms with Crippen LogP contribution in [0.1, 0.15) is 54.4 Å². The van der Waals surface area contributed by atoms with Crippen LogP contribution in [0, 0.1) is 10.8 Å². The molecule has 0 saturated carbocycles. The van der Waals surface area contributed by atoms with Gasteiger partial charge in [-0.2, -0.15) is 0 Å². The van der Waals surface area contributed by atoms with Crippen LogP contribution in [-0.4, -0.2) is 0 Å². The molecule has 0 N–H and O–H groups in total. The van der Waals surface area contributed by atoms with Crippen molar-refractivity contribution in [3.8, 4) is 0 Å². The molecule has 0 atom stereocenters. The maximum atomic E-state index is 4.05. The molecule has 0 unspecified atom stereocenters. The highest BCUT2D eigenvalue weighted by Crippen LogP contribution is 2.32. The van der Waals surface area contributed by atoms with Gasteiger partial charge in [-0.15, -0.1) is 0 Å². The molecule has 0 heteroatoms. The molecule has 0 aliphatic rings. The van der Waals surface area contributed by atoms with Gasteiger partial charge < -0.3 is 0 Å². The molecule has 0 aromatic heterocycles. The lowest BCUT2D eigenvalue weighted by molar-refractivity contribution is 0.419. The van der Waals surface area contributed by atoms with E-state index in [-0.39, 0.29) is 5.41 Å². The van der Waals surface area contributed by atoms with Gasteiger partial charge in [-0.25, -0.2) is 0 Å². The summed E-state index contributed by atoms with van der Waals surface area (Å²) in [5, 5.41) is 0. The van der Waals surface area contributed by atoms with E-state index in [0.29, 0.717) is 5.41 Å². The van der Waals surface area contributed by atoms with Crippen LogP contribution in [0.2, 0.25) is 0 Å². The predicted octanol–water partition coefficient (Wildman–Crippen LogP) is 5.53. The average molecular weight is 220 g/mol. The van der Waals surface area contributed by atoms with Crippen molar-refractivity contribution in [3.63, 3.8) is 0 Å². The van der Waals surface area contributed by atoms with Gasteiger partial charge in [0.1, 0.15) is 0 Å². The predicted molar refractivity (Wildman–Crippen MR) is 75.6 cm³/mol. The van der Waals surface area contributed by atoms with Crippen molar-refractivity contribution in [3.05, 3.63) is 36.5 Å². The Labute approximate surface area is 102 Å². The van der Waals surface area contributed by atoms with E-state index in [2.05, 4.69) is 60.8 Å². The maximum absolute atomic E-state index is 4.05. The van der Waals surface area contributed by atoms with Gasteiger partial charge in [0.25, 0.3) is 0 Å². The van der Waals surface area contributed by atoms with Crippen LogP contribution < -0.4 is 0 Å². The fraction of sp³-hybridized carbons (Fsp3) is 0.625. The first kappa shape index (κ1) is 15.2. The molecule has 0 aliphatic carbocycles. The van der Waals surface area contributed by atoms with E-state index in [1.807, 2.05) is 6.08 Å². The van der Waals surface area contributed by atoms with Crippen LogP contribution in [0.5, 0.6) is 0 Å². The third-order valence-corrected chi connectivity index (χ3v) is 3.52. The lowest BCUT2D eigenvalue weighted by Gasteiger charge is -2.25. The van der Waals surface area contributed by atoms with Crippen molar-refractivity contribution in [1.29, 1.82) is 0 Å². The zero-order valence-electron chi connectivity index (χ0n) is 12.0. The van der Waals surface area contributed by atoms with Crippen LogP contribution in [0.15, 0.2) is 36.5 Å². The van der Waals surface area contributed by atoms with Gasteiger partial charge in [0.05, 0.1) is 0 Å². The fourth-order valence-corrected chi connectivity index (χ4v) is 1.39. The summed E-state index contributed by atoms with van der Waals surface area (Å²) in [4.78, 5) is 0. The van der Waals surface area contributed by atoms with Crippen molar-refractivity contribution >= 4 is 0 Å². The van der Waals surface area contributed by atoms with Crippen molar-refractivity contribution < 1.29 is 0 Å². The summed E-state index contributed by atoms with van der Waals surface area (Å²) in [5.74, 6) is 0. The van der Waals surface area contributed by atoms with E-state index < -0.39 is 0 Å². The molecule has 0 heterocycles. The molecule has 0 rings (SSSR count). The Morgan fingerprint density at radius 1 is 1.12 bits per heavy atom. The zero-order chi connectivity index (χ0) is 13.0. The molecule has 0 aromatic carbocycles. The minimum atomic E-state index is 0.163. The molecule has 92 valence electrons. The standard InChI is InChI=1S/C16H28/c1-9-13(2)16(7,8)12-10-11-14(3)15(4,5)6/h9,11H,1-2,10,12H2,3-8H3. The van der Waals surface area contributed by atoms with Crippen LogP contribution in [-0.2, 0) is 0 Å². The van der Waals surface area contributed by atoms with E-state index in [1.54, 1.807) is 0 Å². The number of rotatable bonds is 5. The molecule has 0 bridgehead atoms. The highest BCUT2D eigenvalue weighted by molar-refractivity contribution is 5.20. The number of hydrogen-bond donors (Lipinski definition) is 0. The molecule has 0 radical (unpaired) electrons. The first-order chi connectivity index (χ1) is 7.11. The van der Waals surface area contributed by atoms with Gasteiger partial charge in [-0.3, -0.25) is 0 Å². The SMILES string of the molecule is C=CC(=C)C(C)(C)CCC=C(C)C(C)(C)C. The van der Waals surface area contributed by atoms with Gasteiger partial charge in [-0.1, -0.05) is 71.1 Å². The largest absolute Gasteiger partial charge is 0.0988 e. The quantitative estimate of drug-likeness (QED) is 0.422. The van der Waals surface area contributed by atoms with Gasteiger partial charge in [-0.05, 0) is 30.6 Å². The Morgan fingerprint density at radius 3 is 2.00 bits per heavy atom. The van der Waals surface area contributed by atoms with Gasteiger partial charge in [0.2, 0.25) is 0 Å². The monoisotopic (exact) mass is 220 g/mol. The third kappa shape index (κ3) is 4.83. The van der Waals surface area contributed by atoms with Gasteiger partial charge in [0, 0.05) is 0 Å². The molecule has 0 aromatic rings. The number of hydrogen-bond acceptors (Lipinski definition) is 0. The second-order valence-electron chi connectivity index (χ2n) is 6.29. The Kier molecular flexibility index (Phi) is 5.25. The first-order valence-corrected chi connectivity index (χ1v) is 6.10. The summed E-state index contributed by atoms with van der Waals surface area (Å²) in [6, 6.07) is 0. The molecule has 0 fully saturated rings. The highest BCUT2D eigenvalue weighted by Gasteiger charge is 2.19. The Hall–Kier alpha value is -0.780. The summed E-state index contributed by atoms with van der Waals surface area (Å²) in [6.07, 6.45) is 6.48. The zero-order valence-corrected chi connectivity index (χ0v) is 12.0. The molecular formula is C16H28. The Bertz CT molecular complexity index is 282. The smallest absolute Gasteiger partial charge is 0.0107 e. The van der Waals surface area contributed by atoms with E-state index in [4.69, 9.17) is 0 Å². The Balaban J connectivity index is 4.38. The fourth-order valence-electron chi connectivity index (χ4n) is 1.39. The molecule has 0 spiro atoms. The van der Waals surface area contributed by atoms with E-state index in [9.17, 15) is 0 Å². The molecule has 0 amide bonds. The molecule has 16 heavy (non-hydrogen) atoms. The minimum absolute atomic E-state index is 0.163. The molecular weight excluding hydrogens is 192 g/mol. The summed E-state index contributed by atoms with van der Waals surface area (Å²) >= 11 is 0. The number of allylic oxidation sites excluding steroid dienone is 4.